The minimum absolute atomic E-state index is 0.0386. The molecule has 0 aliphatic rings. The summed E-state index contributed by atoms with van der Waals surface area (Å²) in [6.45, 7) is 1.99. The Morgan fingerprint density at radius 3 is 2.67 bits per heavy atom. The molecule has 0 spiro atoms. The summed E-state index contributed by atoms with van der Waals surface area (Å²) in [7, 11) is 0. The Labute approximate surface area is 150 Å². The molecule has 24 heavy (non-hydrogen) atoms. The molecule has 0 fully saturated rings. The number of benzene rings is 2. The molecule has 3 nitrogen and oxygen atoms in total. The number of amides is 1. The summed E-state index contributed by atoms with van der Waals surface area (Å²) >= 11 is 3.25. The molecular formula is C19H18N2OS2. The van der Waals surface area contributed by atoms with Crippen molar-refractivity contribution < 1.29 is 4.79 Å². The van der Waals surface area contributed by atoms with E-state index in [0.29, 0.717) is 6.42 Å². The maximum Gasteiger partial charge on any atom is 0.225 e. The second-order valence-corrected chi connectivity index (χ2v) is 7.53. The standard InChI is InChI=1S/C19H18N2OS2/c1-14-7-5-6-10-16(14)20-18(22)11-12-23-19-21-17(13-24-19)15-8-3-2-4-9-15/h2-10,13H,11-12H2,1H3,(H,20,22). The lowest BCUT2D eigenvalue weighted by Gasteiger charge is -2.07. The van der Waals surface area contributed by atoms with Crippen LogP contribution in [-0.4, -0.2) is 16.6 Å². The molecule has 0 aliphatic carbocycles. The predicted octanol–water partition coefficient (Wildman–Crippen LogP) is 5.24. The molecule has 3 aromatic rings. The molecule has 1 heterocycles. The highest BCUT2D eigenvalue weighted by Crippen LogP contribution is 2.28. The predicted molar refractivity (Wildman–Crippen MR) is 103 cm³/mol. The van der Waals surface area contributed by atoms with Crippen molar-refractivity contribution in [2.75, 3.05) is 11.1 Å². The van der Waals surface area contributed by atoms with Crippen LogP contribution in [0.25, 0.3) is 11.3 Å². The minimum Gasteiger partial charge on any atom is -0.326 e. The third-order valence-electron chi connectivity index (χ3n) is 3.53. The van der Waals surface area contributed by atoms with Crippen molar-refractivity contribution in [1.82, 2.24) is 4.98 Å². The number of carbonyl (C=O) groups is 1. The third kappa shape index (κ3) is 4.46. The van der Waals surface area contributed by atoms with Crippen molar-refractivity contribution in [1.29, 1.82) is 0 Å². The van der Waals surface area contributed by atoms with Crippen molar-refractivity contribution in [3.05, 3.63) is 65.5 Å². The maximum atomic E-state index is 12.0. The van der Waals surface area contributed by atoms with Crippen LogP contribution in [0, 0.1) is 6.92 Å². The van der Waals surface area contributed by atoms with Crippen molar-refractivity contribution in [2.24, 2.45) is 0 Å². The van der Waals surface area contributed by atoms with Gasteiger partial charge in [0.05, 0.1) is 5.69 Å². The van der Waals surface area contributed by atoms with Gasteiger partial charge in [-0.2, -0.15) is 0 Å². The van der Waals surface area contributed by atoms with Gasteiger partial charge in [-0.3, -0.25) is 4.79 Å². The molecule has 0 aliphatic heterocycles. The van der Waals surface area contributed by atoms with Gasteiger partial charge in [-0.15, -0.1) is 11.3 Å². The van der Waals surface area contributed by atoms with E-state index in [1.165, 1.54) is 0 Å². The van der Waals surface area contributed by atoms with E-state index in [4.69, 9.17) is 0 Å². The number of nitrogens with one attached hydrogen (secondary N) is 1. The fourth-order valence-corrected chi connectivity index (χ4v) is 4.07. The summed E-state index contributed by atoms with van der Waals surface area (Å²) < 4.78 is 0.998. The Kier molecular flexibility index (Phi) is 5.67. The van der Waals surface area contributed by atoms with Crippen molar-refractivity contribution in [3.8, 4) is 11.3 Å². The highest BCUT2D eigenvalue weighted by Gasteiger charge is 2.07. The smallest absolute Gasteiger partial charge is 0.225 e. The zero-order valence-corrected chi connectivity index (χ0v) is 15.0. The van der Waals surface area contributed by atoms with Gasteiger partial charge in [-0.05, 0) is 18.6 Å². The molecule has 0 bridgehead atoms. The zero-order chi connectivity index (χ0) is 16.8. The van der Waals surface area contributed by atoms with Gasteiger partial charge in [0.25, 0.3) is 0 Å². The Hall–Kier alpha value is -2.11. The molecule has 1 amide bonds. The van der Waals surface area contributed by atoms with Gasteiger partial charge < -0.3 is 5.32 Å². The first-order valence-corrected chi connectivity index (χ1v) is 9.58. The average molecular weight is 354 g/mol. The Morgan fingerprint density at radius 2 is 1.88 bits per heavy atom. The second-order valence-electron chi connectivity index (χ2n) is 5.33. The molecule has 2 aromatic carbocycles. The second kappa shape index (κ2) is 8.13. The average Bonchev–Trinajstić information content (AvgIpc) is 3.07. The summed E-state index contributed by atoms with van der Waals surface area (Å²) in [4.78, 5) is 16.7. The fraction of sp³-hybridized carbons (Fsp3) is 0.158. The monoisotopic (exact) mass is 354 g/mol. The van der Waals surface area contributed by atoms with Gasteiger partial charge in [-0.25, -0.2) is 4.98 Å². The number of hydrogen-bond acceptors (Lipinski definition) is 4. The number of aryl methyl sites for hydroxylation is 1. The lowest BCUT2D eigenvalue weighted by Crippen LogP contribution is -2.12. The number of carbonyl (C=O) groups excluding carboxylic acids is 1. The quantitative estimate of drug-likeness (QED) is 0.616. The third-order valence-corrected chi connectivity index (χ3v) is 5.55. The molecule has 1 N–H and O–H groups in total. The molecule has 1 aromatic heterocycles. The van der Waals surface area contributed by atoms with Gasteiger partial charge in [0.15, 0.2) is 4.34 Å². The number of anilines is 1. The molecular weight excluding hydrogens is 336 g/mol. The van der Waals surface area contributed by atoms with Crippen LogP contribution in [0.15, 0.2) is 64.3 Å². The van der Waals surface area contributed by atoms with E-state index < -0.39 is 0 Å². The van der Waals surface area contributed by atoms with Crippen LogP contribution < -0.4 is 5.32 Å². The van der Waals surface area contributed by atoms with E-state index in [9.17, 15) is 4.79 Å². The largest absolute Gasteiger partial charge is 0.326 e. The number of para-hydroxylation sites is 1. The SMILES string of the molecule is Cc1ccccc1NC(=O)CCSc1nc(-c2ccccc2)cs1. The first-order chi connectivity index (χ1) is 11.7. The first-order valence-electron chi connectivity index (χ1n) is 7.71. The van der Waals surface area contributed by atoms with E-state index in [-0.39, 0.29) is 5.91 Å². The van der Waals surface area contributed by atoms with E-state index in [1.54, 1.807) is 23.1 Å². The summed E-state index contributed by atoms with van der Waals surface area (Å²) in [5, 5.41) is 5.02. The van der Waals surface area contributed by atoms with Crippen LogP contribution in [0.5, 0.6) is 0 Å². The van der Waals surface area contributed by atoms with Crippen LogP contribution >= 0.6 is 23.1 Å². The van der Waals surface area contributed by atoms with Gasteiger partial charge in [0.1, 0.15) is 0 Å². The van der Waals surface area contributed by atoms with Gasteiger partial charge in [-0.1, -0.05) is 60.3 Å². The van der Waals surface area contributed by atoms with Crippen LogP contribution in [-0.2, 0) is 4.79 Å². The van der Waals surface area contributed by atoms with E-state index >= 15 is 0 Å². The molecule has 0 saturated heterocycles. The zero-order valence-electron chi connectivity index (χ0n) is 13.4. The summed E-state index contributed by atoms with van der Waals surface area (Å²) in [5.74, 6) is 0.760. The van der Waals surface area contributed by atoms with Crippen LogP contribution in [0.2, 0.25) is 0 Å². The van der Waals surface area contributed by atoms with Crippen molar-refractivity contribution in [2.45, 2.75) is 17.7 Å². The maximum absolute atomic E-state index is 12.0. The molecule has 122 valence electrons. The normalized spacial score (nSPS) is 10.5. The summed E-state index contributed by atoms with van der Waals surface area (Å²) in [6.07, 6.45) is 0.471. The number of nitrogens with zero attached hydrogens (tertiary/aromatic N) is 1. The first kappa shape index (κ1) is 16.7. The van der Waals surface area contributed by atoms with Gasteiger partial charge >= 0.3 is 0 Å². The van der Waals surface area contributed by atoms with Crippen LogP contribution in [0.3, 0.4) is 0 Å². The highest BCUT2D eigenvalue weighted by atomic mass is 32.2. The topological polar surface area (TPSA) is 42.0 Å². The number of thiazole rings is 1. The molecule has 0 unspecified atom stereocenters. The lowest BCUT2D eigenvalue weighted by atomic mass is 10.2. The Balaban J connectivity index is 1.49. The Bertz CT molecular complexity index is 815. The number of hydrogen-bond donors (Lipinski definition) is 1. The van der Waals surface area contributed by atoms with Crippen LogP contribution in [0.4, 0.5) is 5.69 Å². The molecule has 5 heteroatoms. The molecule has 0 saturated carbocycles. The van der Waals surface area contributed by atoms with Gasteiger partial charge in [0.2, 0.25) is 5.91 Å². The highest BCUT2D eigenvalue weighted by molar-refractivity contribution is 8.01. The van der Waals surface area contributed by atoms with Crippen molar-refractivity contribution in [3.63, 3.8) is 0 Å². The number of thioether (sulfide) groups is 1. The summed E-state index contributed by atoms with van der Waals surface area (Å²) in [5.41, 5.74) is 4.07. The molecule has 0 atom stereocenters. The lowest BCUT2D eigenvalue weighted by molar-refractivity contribution is -0.115. The molecule has 3 rings (SSSR count). The fourth-order valence-electron chi connectivity index (χ4n) is 2.22. The van der Waals surface area contributed by atoms with Crippen LogP contribution in [0.1, 0.15) is 12.0 Å². The number of rotatable bonds is 6. The Morgan fingerprint density at radius 1 is 1.12 bits per heavy atom. The van der Waals surface area contributed by atoms with Crippen molar-refractivity contribution >= 4 is 34.7 Å². The van der Waals surface area contributed by atoms with E-state index in [1.807, 2.05) is 49.4 Å². The number of aromatic nitrogens is 1. The molecule has 0 radical (unpaired) electrons. The minimum atomic E-state index is 0.0386. The van der Waals surface area contributed by atoms with E-state index in [0.717, 1.165) is 32.6 Å². The van der Waals surface area contributed by atoms with E-state index in [2.05, 4.69) is 27.8 Å². The summed E-state index contributed by atoms with van der Waals surface area (Å²) in [6, 6.07) is 17.9. The van der Waals surface area contributed by atoms with Gasteiger partial charge in [0, 0.05) is 28.8 Å².